The van der Waals surface area contributed by atoms with Crippen LogP contribution in [-0.2, 0) is 0 Å². The maximum atomic E-state index is 12.0. The summed E-state index contributed by atoms with van der Waals surface area (Å²) >= 11 is 12.1. The largest absolute Gasteiger partial charge is 0.323 e. The van der Waals surface area contributed by atoms with Gasteiger partial charge in [-0.1, -0.05) is 41.4 Å². The van der Waals surface area contributed by atoms with Crippen molar-refractivity contribution in [1.29, 1.82) is 0 Å². The third kappa shape index (κ3) is 3.44. The van der Waals surface area contributed by atoms with Crippen molar-refractivity contribution in [2.75, 3.05) is 10.6 Å². The molecule has 5 heteroatoms. The Morgan fingerprint density at radius 1 is 0.950 bits per heavy atom. The van der Waals surface area contributed by atoms with Crippen LogP contribution in [0.1, 0.15) is 11.1 Å². The summed E-state index contributed by atoms with van der Waals surface area (Å²) in [6.07, 6.45) is 0. The van der Waals surface area contributed by atoms with E-state index in [9.17, 15) is 4.79 Å². The van der Waals surface area contributed by atoms with Crippen LogP contribution >= 0.6 is 23.2 Å². The molecule has 0 aromatic heterocycles. The van der Waals surface area contributed by atoms with Crippen LogP contribution in [0, 0.1) is 13.8 Å². The number of carbonyl (C=O) groups is 1. The molecular formula is C15H14Cl2N2O. The van der Waals surface area contributed by atoms with Gasteiger partial charge in [0.1, 0.15) is 0 Å². The fourth-order valence-corrected chi connectivity index (χ4v) is 2.19. The molecule has 2 N–H and O–H groups in total. The first-order valence-electron chi connectivity index (χ1n) is 6.06. The van der Waals surface area contributed by atoms with Crippen molar-refractivity contribution >= 4 is 40.6 Å². The van der Waals surface area contributed by atoms with Gasteiger partial charge in [-0.3, -0.25) is 0 Å². The molecule has 0 aliphatic heterocycles. The summed E-state index contributed by atoms with van der Waals surface area (Å²) in [5.41, 5.74) is 3.09. The molecule has 2 rings (SSSR count). The highest BCUT2D eigenvalue weighted by molar-refractivity contribution is 6.34. The second kappa shape index (κ2) is 6.16. The van der Waals surface area contributed by atoms with Crippen LogP contribution in [0.2, 0.25) is 10.0 Å². The average molecular weight is 309 g/mol. The molecule has 0 saturated heterocycles. The maximum absolute atomic E-state index is 12.0. The summed E-state index contributed by atoms with van der Waals surface area (Å²) in [6.45, 7) is 3.78. The molecule has 0 aliphatic carbocycles. The summed E-state index contributed by atoms with van der Waals surface area (Å²) in [6, 6.07) is 10.4. The molecule has 0 heterocycles. The first-order valence-corrected chi connectivity index (χ1v) is 6.82. The quantitative estimate of drug-likeness (QED) is 0.781. The lowest BCUT2D eigenvalue weighted by atomic mass is 10.2. The van der Waals surface area contributed by atoms with E-state index in [1.165, 1.54) is 0 Å². The zero-order chi connectivity index (χ0) is 14.7. The number of nitrogens with one attached hydrogen (secondary N) is 2. The summed E-state index contributed by atoms with van der Waals surface area (Å²) in [5.74, 6) is 0. The topological polar surface area (TPSA) is 41.1 Å². The lowest BCUT2D eigenvalue weighted by Crippen LogP contribution is -2.20. The lowest BCUT2D eigenvalue weighted by Gasteiger charge is -2.12. The molecule has 0 fully saturated rings. The zero-order valence-electron chi connectivity index (χ0n) is 11.1. The van der Waals surface area contributed by atoms with Gasteiger partial charge in [0.05, 0.1) is 10.7 Å². The van der Waals surface area contributed by atoms with Gasteiger partial charge < -0.3 is 10.6 Å². The number of hydrogen-bond acceptors (Lipinski definition) is 1. The molecule has 0 radical (unpaired) electrons. The van der Waals surface area contributed by atoms with Gasteiger partial charge in [-0.2, -0.15) is 0 Å². The number of anilines is 2. The van der Waals surface area contributed by atoms with Gasteiger partial charge in [-0.15, -0.1) is 0 Å². The van der Waals surface area contributed by atoms with E-state index >= 15 is 0 Å². The van der Waals surface area contributed by atoms with Gasteiger partial charge in [-0.05, 0) is 43.2 Å². The molecule has 0 unspecified atom stereocenters. The van der Waals surface area contributed by atoms with Gasteiger partial charge in [-0.25, -0.2) is 4.79 Å². The van der Waals surface area contributed by atoms with Gasteiger partial charge in [0.15, 0.2) is 0 Å². The number of aryl methyl sites for hydroxylation is 2. The van der Waals surface area contributed by atoms with Gasteiger partial charge in [0.2, 0.25) is 0 Å². The number of amides is 2. The summed E-state index contributed by atoms with van der Waals surface area (Å²) in [7, 11) is 0. The Morgan fingerprint density at radius 3 is 2.35 bits per heavy atom. The van der Waals surface area contributed by atoms with Crippen molar-refractivity contribution in [1.82, 2.24) is 0 Å². The predicted molar refractivity (Wildman–Crippen MR) is 85.0 cm³/mol. The SMILES string of the molecule is Cc1ccc(NC(=O)Nc2c(C)cccc2Cl)cc1Cl. The molecule has 0 atom stereocenters. The van der Waals surface area contributed by atoms with Crippen LogP contribution in [0.4, 0.5) is 16.2 Å². The molecule has 3 nitrogen and oxygen atoms in total. The molecular weight excluding hydrogens is 295 g/mol. The fourth-order valence-electron chi connectivity index (χ4n) is 1.74. The van der Waals surface area contributed by atoms with Crippen molar-refractivity contribution < 1.29 is 4.79 Å². The van der Waals surface area contributed by atoms with E-state index in [-0.39, 0.29) is 6.03 Å². The molecule has 2 aromatic rings. The Labute approximate surface area is 127 Å². The van der Waals surface area contributed by atoms with Gasteiger partial charge in [0.25, 0.3) is 0 Å². The Morgan fingerprint density at radius 2 is 1.70 bits per heavy atom. The molecule has 20 heavy (non-hydrogen) atoms. The van der Waals surface area contributed by atoms with Gasteiger partial charge in [0, 0.05) is 10.7 Å². The second-order valence-corrected chi connectivity index (χ2v) is 5.29. The van der Waals surface area contributed by atoms with Crippen LogP contribution in [0.3, 0.4) is 0 Å². The van der Waals surface area contributed by atoms with Crippen LogP contribution in [0.15, 0.2) is 36.4 Å². The number of carbonyl (C=O) groups excluding carboxylic acids is 1. The Hall–Kier alpha value is -1.71. The maximum Gasteiger partial charge on any atom is 0.323 e. The van der Waals surface area contributed by atoms with Gasteiger partial charge >= 0.3 is 6.03 Å². The van der Waals surface area contributed by atoms with Crippen molar-refractivity contribution in [2.24, 2.45) is 0 Å². The predicted octanol–water partition coefficient (Wildman–Crippen LogP) is 5.25. The number of para-hydroxylation sites is 1. The van der Waals surface area contributed by atoms with Crippen molar-refractivity contribution in [3.63, 3.8) is 0 Å². The average Bonchev–Trinajstić information content (AvgIpc) is 2.38. The van der Waals surface area contributed by atoms with E-state index in [1.54, 1.807) is 18.2 Å². The van der Waals surface area contributed by atoms with Crippen LogP contribution < -0.4 is 10.6 Å². The Kier molecular flexibility index (Phi) is 4.53. The van der Waals surface area contributed by atoms with Crippen molar-refractivity contribution in [3.05, 3.63) is 57.6 Å². The number of halogens is 2. The lowest BCUT2D eigenvalue weighted by molar-refractivity contribution is 0.262. The van der Waals surface area contributed by atoms with E-state index < -0.39 is 0 Å². The normalized spacial score (nSPS) is 10.2. The minimum atomic E-state index is -0.360. The minimum Gasteiger partial charge on any atom is -0.308 e. The Bertz CT molecular complexity index is 636. The highest BCUT2D eigenvalue weighted by Gasteiger charge is 2.08. The molecule has 0 bridgehead atoms. The fraction of sp³-hybridized carbons (Fsp3) is 0.133. The molecule has 0 saturated carbocycles. The highest BCUT2D eigenvalue weighted by atomic mass is 35.5. The standard InChI is InChI=1S/C15H14Cl2N2O/c1-9-6-7-11(8-13(9)17)18-15(20)19-14-10(2)4-3-5-12(14)16/h3-8H,1-2H3,(H2,18,19,20). The van der Waals surface area contributed by atoms with Crippen molar-refractivity contribution in [3.8, 4) is 0 Å². The number of rotatable bonds is 2. The molecule has 2 aromatic carbocycles. The van der Waals surface area contributed by atoms with Crippen molar-refractivity contribution in [2.45, 2.75) is 13.8 Å². The summed E-state index contributed by atoms with van der Waals surface area (Å²) in [5, 5.41) is 6.57. The first kappa shape index (κ1) is 14.7. The van der Waals surface area contributed by atoms with E-state index in [0.29, 0.717) is 21.4 Å². The third-order valence-electron chi connectivity index (χ3n) is 2.89. The molecule has 0 spiro atoms. The zero-order valence-corrected chi connectivity index (χ0v) is 12.6. The minimum absolute atomic E-state index is 0.360. The van der Waals surface area contributed by atoms with E-state index in [4.69, 9.17) is 23.2 Å². The second-order valence-electron chi connectivity index (χ2n) is 4.47. The summed E-state index contributed by atoms with van der Waals surface area (Å²) < 4.78 is 0. The van der Waals surface area contributed by atoms with E-state index in [1.807, 2.05) is 32.0 Å². The van der Waals surface area contributed by atoms with E-state index in [0.717, 1.165) is 11.1 Å². The smallest absolute Gasteiger partial charge is 0.308 e. The first-order chi connectivity index (χ1) is 9.47. The van der Waals surface area contributed by atoms with Crippen LogP contribution in [0.25, 0.3) is 0 Å². The third-order valence-corrected chi connectivity index (χ3v) is 3.61. The monoisotopic (exact) mass is 308 g/mol. The highest BCUT2D eigenvalue weighted by Crippen LogP contribution is 2.25. The molecule has 104 valence electrons. The number of benzene rings is 2. The Balaban J connectivity index is 2.11. The molecule has 0 aliphatic rings. The molecule has 2 amide bonds. The number of hydrogen-bond donors (Lipinski definition) is 2. The number of urea groups is 1. The van der Waals surface area contributed by atoms with Crippen LogP contribution in [-0.4, -0.2) is 6.03 Å². The van der Waals surface area contributed by atoms with Crippen LogP contribution in [0.5, 0.6) is 0 Å². The van der Waals surface area contributed by atoms with E-state index in [2.05, 4.69) is 10.6 Å². The summed E-state index contributed by atoms with van der Waals surface area (Å²) in [4.78, 5) is 12.0.